The molecule has 2 nitrogen and oxygen atoms in total. The van der Waals surface area contributed by atoms with Crippen LogP contribution in [0.2, 0.25) is 0 Å². The predicted molar refractivity (Wildman–Crippen MR) is 73.2 cm³/mol. The summed E-state index contributed by atoms with van der Waals surface area (Å²) in [5, 5.41) is 4.72. The minimum atomic E-state index is -4.72. The zero-order valence-electron chi connectivity index (χ0n) is 11.3. The van der Waals surface area contributed by atoms with Crippen LogP contribution in [-0.4, -0.2) is 14.2 Å². The van der Waals surface area contributed by atoms with Crippen LogP contribution in [0.5, 0.6) is 5.75 Å². The minimum absolute atomic E-state index is 0.326. The lowest BCUT2D eigenvalue weighted by molar-refractivity contribution is -0.140. The van der Waals surface area contributed by atoms with Crippen molar-refractivity contribution in [1.82, 2.24) is 5.32 Å². The highest BCUT2D eigenvalue weighted by atomic mass is 32.1. The molecule has 1 N–H and O–H groups in total. The number of halogens is 4. The molecule has 1 heterocycles. The molecule has 1 aromatic heterocycles. The summed E-state index contributed by atoms with van der Waals surface area (Å²) in [4.78, 5) is 0.736. The number of hydrogen-bond donors (Lipinski definition) is 1. The first kappa shape index (κ1) is 15.8. The van der Waals surface area contributed by atoms with E-state index in [-0.39, 0.29) is 0 Å². The molecule has 0 spiro atoms. The Morgan fingerprint density at radius 2 is 1.95 bits per heavy atom. The Labute approximate surface area is 123 Å². The van der Waals surface area contributed by atoms with Crippen molar-refractivity contribution in [3.63, 3.8) is 0 Å². The highest BCUT2D eigenvalue weighted by Gasteiger charge is 2.35. The van der Waals surface area contributed by atoms with Crippen LogP contribution in [0, 0.1) is 5.82 Å². The summed E-state index contributed by atoms with van der Waals surface area (Å²) in [6, 6.07) is 4.24. The Morgan fingerprint density at radius 3 is 2.52 bits per heavy atom. The monoisotopic (exact) mass is 319 g/mol. The molecule has 0 amide bonds. The van der Waals surface area contributed by atoms with Gasteiger partial charge in [0.05, 0.1) is 23.6 Å². The van der Waals surface area contributed by atoms with E-state index < -0.39 is 23.6 Å². The topological polar surface area (TPSA) is 21.3 Å². The molecule has 0 aliphatic rings. The van der Waals surface area contributed by atoms with Crippen LogP contribution in [0.1, 0.15) is 22.0 Å². The van der Waals surface area contributed by atoms with Crippen molar-refractivity contribution in [3.05, 3.63) is 51.5 Å². The molecule has 2 rings (SSSR count). The number of rotatable bonds is 4. The molecule has 0 saturated carbocycles. The summed E-state index contributed by atoms with van der Waals surface area (Å²) in [5.74, 6) is -0.698. The SMILES string of the molecule is CNC(c1ccc(F)c(C(F)(F)F)c1)c1sccc1OC. The molecule has 7 heteroatoms. The van der Waals surface area contributed by atoms with Crippen molar-refractivity contribution in [2.24, 2.45) is 0 Å². The molecular formula is C14H13F4NOS. The second-order valence-corrected chi connectivity index (χ2v) is 5.26. The van der Waals surface area contributed by atoms with E-state index in [2.05, 4.69) is 5.32 Å². The molecule has 0 fully saturated rings. The van der Waals surface area contributed by atoms with Gasteiger partial charge in [-0.2, -0.15) is 13.2 Å². The van der Waals surface area contributed by atoms with Crippen LogP contribution in [0.4, 0.5) is 17.6 Å². The van der Waals surface area contributed by atoms with E-state index in [9.17, 15) is 17.6 Å². The largest absolute Gasteiger partial charge is 0.496 e. The summed E-state index contributed by atoms with van der Waals surface area (Å²) >= 11 is 1.36. The molecule has 1 atom stereocenters. The molecule has 1 aromatic carbocycles. The summed E-state index contributed by atoms with van der Waals surface area (Å²) < 4.78 is 56.9. The molecule has 0 aliphatic heterocycles. The van der Waals surface area contributed by atoms with Gasteiger partial charge in [-0.1, -0.05) is 6.07 Å². The van der Waals surface area contributed by atoms with E-state index in [4.69, 9.17) is 4.74 Å². The van der Waals surface area contributed by atoms with Crippen molar-refractivity contribution in [2.45, 2.75) is 12.2 Å². The standard InChI is InChI=1S/C14H13F4NOS/c1-19-12(13-11(20-2)5-6-21-13)8-3-4-10(15)9(7-8)14(16,17)18/h3-7,12,19H,1-2H3. The lowest BCUT2D eigenvalue weighted by Crippen LogP contribution is -2.18. The highest BCUT2D eigenvalue weighted by Crippen LogP contribution is 2.37. The fourth-order valence-corrected chi connectivity index (χ4v) is 3.07. The second kappa shape index (κ2) is 6.03. The first-order valence-corrected chi connectivity index (χ1v) is 6.91. The molecule has 114 valence electrons. The Morgan fingerprint density at radius 1 is 1.24 bits per heavy atom. The molecule has 0 bridgehead atoms. The van der Waals surface area contributed by atoms with Gasteiger partial charge >= 0.3 is 6.18 Å². The highest BCUT2D eigenvalue weighted by molar-refractivity contribution is 7.10. The third-order valence-corrected chi connectivity index (χ3v) is 4.02. The maximum atomic E-state index is 13.4. The Kier molecular flexibility index (Phi) is 4.53. The lowest BCUT2D eigenvalue weighted by atomic mass is 10.0. The van der Waals surface area contributed by atoms with Gasteiger partial charge in [-0.3, -0.25) is 0 Å². The maximum absolute atomic E-state index is 13.4. The Bertz CT molecular complexity index is 624. The van der Waals surface area contributed by atoms with Gasteiger partial charge in [0.1, 0.15) is 11.6 Å². The molecule has 0 radical (unpaired) electrons. The summed E-state index contributed by atoms with van der Waals surface area (Å²) in [6.45, 7) is 0. The van der Waals surface area contributed by atoms with Crippen molar-refractivity contribution in [3.8, 4) is 5.75 Å². The van der Waals surface area contributed by atoms with Crippen LogP contribution in [0.15, 0.2) is 29.6 Å². The third-order valence-electron chi connectivity index (χ3n) is 3.06. The normalized spacial score (nSPS) is 13.2. The predicted octanol–water partition coefficient (Wildman–Crippen LogP) is 4.22. The van der Waals surface area contributed by atoms with Gasteiger partial charge in [0.2, 0.25) is 0 Å². The molecule has 0 aliphatic carbocycles. The fraction of sp³-hybridized carbons (Fsp3) is 0.286. The van der Waals surface area contributed by atoms with Gasteiger partial charge in [-0.25, -0.2) is 4.39 Å². The van der Waals surface area contributed by atoms with E-state index in [1.807, 2.05) is 0 Å². The van der Waals surface area contributed by atoms with Crippen molar-refractivity contribution in [1.29, 1.82) is 0 Å². The minimum Gasteiger partial charge on any atom is -0.496 e. The molecule has 2 aromatic rings. The zero-order valence-corrected chi connectivity index (χ0v) is 12.1. The second-order valence-electron chi connectivity index (χ2n) is 4.31. The number of methoxy groups -OCH3 is 1. The van der Waals surface area contributed by atoms with Gasteiger partial charge < -0.3 is 10.1 Å². The zero-order chi connectivity index (χ0) is 15.6. The number of nitrogens with one attached hydrogen (secondary N) is 1. The van der Waals surface area contributed by atoms with Gasteiger partial charge in [0.25, 0.3) is 0 Å². The first-order valence-electron chi connectivity index (χ1n) is 6.03. The Balaban J connectivity index is 2.49. The number of ether oxygens (including phenoxy) is 1. The van der Waals surface area contributed by atoms with Gasteiger partial charge in [-0.05, 0) is 36.2 Å². The Hall–Kier alpha value is -1.60. The smallest absolute Gasteiger partial charge is 0.419 e. The summed E-state index contributed by atoms with van der Waals surface area (Å²) in [6.07, 6.45) is -4.72. The third kappa shape index (κ3) is 3.19. The average Bonchev–Trinajstić information content (AvgIpc) is 2.88. The first-order chi connectivity index (χ1) is 9.88. The van der Waals surface area contributed by atoms with Gasteiger partial charge in [0, 0.05) is 0 Å². The number of alkyl halides is 3. The average molecular weight is 319 g/mol. The van der Waals surface area contributed by atoms with Crippen LogP contribution in [0.3, 0.4) is 0 Å². The van der Waals surface area contributed by atoms with Gasteiger partial charge in [-0.15, -0.1) is 11.3 Å². The van der Waals surface area contributed by atoms with Crippen LogP contribution in [-0.2, 0) is 6.18 Å². The maximum Gasteiger partial charge on any atom is 0.419 e. The van der Waals surface area contributed by atoms with E-state index in [0.717, 1.165) is 17.0 Å². The van der Waals surface area contributed by atoms with Crippen LogP contribution >= 0.6 is 11.3 Å². The fourth-order valence-electron chi connectivity index (χ4n) is 2.08. The molecule has 21 heavy (non-hydrogen) atoms. The van der Waals surface area contributed by atoms with E-state index in [0.29, 0.717) is 11.3 Å². The van der Waals surface area contributed by atoms with Gasteiger partial charge in [0.15, 0.2) is 0 Å². The molecule has 0 saturated heterocycles. The van der Waals surface area contributed by atoms with Crippen molar-refractivity contribution >= 4 is 11.3 Å². The molecular weight excluding hydrogens is 306 g/mol. The lowest BCUT2D eigenvalue weighted by Gasteiger charge is -2.18. The van der Waals surface area contributed by atoms with E-state index in [1.165, 1.54) is 24.5 Å². The van der Waals surface area contributed by atoms with E-state index in [1.54, 1.807) is 18.5 Å². The number of benzene rings is 1. The summed E-state index contributed by atoms with van der Waals surface area (Å²) in [7, 11) is 3.12. The number of hydrogen-bond acceptors (Lipinski definition) is 3. The quantitative estimate of drug-likeness (QED) is 0.852. The number of thiophene rings is 1. The van der Waals surface area contributed by atoms with E-state index >= 15 is 0 Å². The summed E-state index contributed by atoms with van der Waals surface area (Å²) in [5.41, 5.74) is -0.942. The van der Waals surface area contributed by atoms with Crippen LogP contribution < -0.4 is 10.1 Å². The van der Waals surface area contributed by atoms with Crippen molar-refractivity contribution < 1.29 is 22.3 Å². The van der Waals surface area contributed by atoms with Crippen molar-refractivity contribution in [2.75, 3.05) is 14.2 Å². The molecule has 1 unspecified atom stereocenters. The van der Waals surface area contributed by atoms with Crippen LogP contribution in [0.25, 0.3) is 0 Å².